The molecule has 1 saturated heterocycles. The van der Waals surface area contributed by atoms with Crippen molar-refractivity contribution < 1.29 is 28.2 Å². The van der Waals surface area contributed by atoms with Gasteiger partial charge in [-0.05, 0) is 81.0 Å². The minimum Gasteiger partial charge on any atom is -0.490 e. The summed E-state index contributed by atoms with van der Waals surface area (Å²) in [6.45, 7) is 2.91. The molecule has 18 heteroatoms. The van der Waals surface area contributed by atoms with Crippen LogP contribution in [0.1, 0.15) is 49.0 Å². The number of para-hydroxylation sites is 1. The number of nitrogens with one attached hydrogen (secondary N) is 2. The number of carbonyl (C=O) groups is 1. The highest BCUT2D eigenvalue weighted by Crippen LogP contribution is 2.39. The summed E-state index contributed by atoms with van der Waals surface area (Å²) in [6, 6.07) is 21.1. The highest BCUT2D eigenvalue weighted by molar-refractivity contribution is 7.18. The number of carbonyl (C=O) groups excluding carboxylic acids is 1. The SMILES string of the molecule is Nc1nc2sc(CNC3CCC(OC(=O)NC4CCN(CC(O)(Cn5cncn5)c5ccc(F)cc5F)CC4)CC3)cc2n(-c2ccc3c(c2)N(c2ccccc2)CCO3)c1=O. The van der Waals surface area contributed by atoms with Crippen molar-refractivity contribution in [2.75, 3.05) is 43.4 Å². The van der Waals surface area contributed by atoms with Crippen LogP contribution in [-0.4, -0.2) is 91.4 Å². The number of piperidine rings is 1. The van der Waals surface area contributed by atoms with E-state index in [9.17, 15) is 23.5 Å². The fourth-order valence-corrected chi connectivity index (χ4v) is 9.84. The summed E-state index contributed by atoms with van der Waals surface area (Å²) in [7, 11) is 0. The van der Waals surface area contributed by atoms with Crippen molar-refractivity contribution in [1.29, 1.82) is 0 Å². The maximum atomic E-state index is 14.9. The second kappa shape index (κ2) is 17.8. The summed E-state index contributed by atoms with van der Waals surface area (Å²) in [5.74, 6) is -0.879. The number of hydrogen-bond acceptors (Lipinski definition) is 13. The average Bonchev–Trinajstić information content (AvgIpc) is 3.94. The van der Waals surface area contributed by atoms with E-state index < -0.39 is 23.3 Å². The molecule has 0 spiro atoms. The van der Waals surface area contributed by atoms with Crippen LogP contribution in [0.15, 0.2) is 90.2 Å². The number of rotatable bonds is 12. The maximum Gasteiger partial charge on any atom is 0.407 e. The molecule has 1 aliphatic carbocycles. The quantitative estimate of drug-likeness (QED) is 0.120. The molecule has 2 aliphatic heterocycles. The van der Waals surface area contributed by atoms with Crippen molar-refractivity contribution in [3.05, 3.63) is 118 Å². The minimum atomic E-state index is -1.70. The lowest BCUT2D eigenvalue weighted by molar-refractivity contribution is -0.0274. The van der Waals surface area contributed by atoms with Gasteiger partial charge in [0.2, 0.25) is 0 Å². The summed E-state index contributed by atoms with van der Waals surface area (Å²) in [6.07, 6.45) is 6.46. The van der Waals surface area contributed by atoms with Crippen LogP contribution in [-0.2, 0) is 23.4 Å². The van der Waals surface area contributed by atoms with E-state index in [0.717, 1.165) is 59.8 Å². The molecule has 2 fully saturated rings. The van der Waals surface area contributed by atoms with E-state index in [4.69, 9.17) is 15.2 Å². The Morgan fingerprint density at radius 2 is 1.76 bits per heavy atom. The number of anilines is 3. The van der Waals surface area contributed by atoms with Crippen LogP contribution in [0.3, 0.4) is 0 Å². The Balaban J connectivity index is 0.762. The second-order valence-corrected chi connectivity index (χ2v) is 17.3. The summed E-state index contributed by atoms with van der Waals surface area (Å²) in [5, 5.41) is 22.5. The number of likely N-dealkylation sites (tertiary alicyclic amines) is 1. The molecule has 62 heavy (non-hydrogen) atoms. The Hall–Kier alpha value is -5.95. The van der Waals surface area contributed by atoms with Crippen LogP contribution in [0, 0.1) is 11.6 Å². The molecule has 0 radical (unpaired) electrons. The summed E-state index contributed by atoms with van der Waals surface area (Å²) in [5.41, 5.74) is 7.36. The molecule has 6 aromatic rings. The zero-order chi connectivity index (χ0) is 42.8. The van der Waals surface area contributed by atoms with Crippen molar-refractivity contribution in [2.24, 2.45) is 0 Å². The molecule has 15 nitrogen and oxygen atoms in total. The van der Waals surface area contributed by atoms with Gasteiger partial charge in [0.25, 0.3) is 5.56 Å². The fourth-order valence-electron chi connectivity index (χ4n) is 8.86. The number of nitrogen functional groups attached to an aromatic ring is 1. The molecule has 3 aromatic heterocycles. The number of β-amino-alcohol motifs (C(OH)–C–C–N with tert-alkyl or cyclic N) is 1. The van der Waals surface area contributed by atoms with Gasteiger partial charge in [-0.25, -0.2) is 28.2 Å². The zero-order valence-corrected chi connectivity index (χ0v) is 34.8. The molecule has 1 atom stereocenters. The Bertz CT molecular complexity index is 2580. The topological polar surface area (TPSA) is 178 Å². The number of halogens is 2. The molecule has 3 aromatic carbocycles. The molecule has 3 aliphatic rings. The molecule has 324 valence electrons. The smallest absolute Gasteiger partial charge is 0.407 e. The van der Waals surface area contributed by atoms with E-state index in [-0.39, 0.29) is 48.2 Å². The van der Waals surface area contributed by atoms with Gasteiger partial charge < -0.3 is 35.8 Å². The number of benzene rings is 3. The summed E-state index contributed by atoms with van der Waals surface area (Å²) < 4.78 is 43.5. The molecular weight excluding hydrogens is 819 g/mol. The van der Waals surface area contributed by atoms with E-state index in [1.165, 1.54) is 34.7 Å². The van der Waals surface area contributed by atoms with Crippen molar-refractivity contribution in [3.8, 4) is 11.4 Å². The summed E-state index contributed by atoms with van der Waals surface area (Å²) in [4.78, 5) is 40.8. The fraction of sp³-hybridized carbons (Fsp3) is 0.386. The van der Waals surface area contributed by atoms with Crippen molar-refractivity contribution in [3.63, 3.8) is 0 Å². The Kier molecular flexibility index (Phi) is 11.9. The van der Waals surface area contributed by atoms with Crippen LogP contribution < -0.4 is 31.6 Å². The van der Waals surface area contributed by atoms with E-state index in [1.807, 2.05) is 47.4 Å². The number of alkyl carbamates (subject to hydrolysis) is 1. The van der Waals surface area contributed by atoms with E-state index in [0.29, 0.717) is 61.7 Å². The molecule has 1 unspecified atom stereocenters. The molecule has 1 saturated carbocycles. The number of nitrogens with two attached hydrogens (primary N) is 1. The monoisotopic (exact) mass is 866 g/mol. The molecule has 1 amide bonds. The number of fused-ring (bicyclic) bond motifs is 2. The first-order valence-corrected chi connectivity index (χ1v) is 21.7. The van der Waals surface area contributed by atoms with Gasteiger partial charge in [-0.2, -0.15) is 5.10 Å². The molecular formula is C44H48F2N10O5S. The normalized spacial score (nSPS) is 19.4. The number of aliphatic hydroxyl groups is 1. The number of amides is 1. The first-order chi connectivity index (χ1) is 30.1. The van der Waals surface area contributed by atoms with Crippen molar-refractivity contribution in [1.82, 2.24) is 39.8 Å². The third-order valence-corrected chi connectivity index (χ3v) is 13.0. The van der Waals surface area contributed by atoms with Crippen LogP contribution in [0.5, 0.6) is 5.75 Å². The third-order valence-electron chi connectivity index (χ3n) is 12.0. The Morgan fingerprint density at radius 3 is 2.52 bits per heavy atom. The number of hydrogen-bond donors (Lipinski definition) is 4. The van der Waals surface area contributed by atoms with Crippen LogP contribution >= 0.6 is 11.3 Å². The van der Waals surface area contributed by atoms with E-state index in [1.54, 1.807) is 4.57 Å². The molecule has 5 N–H and O–H groups in total. The van der Waals surface area contributed by atoms with Crippen LogP contribution in [0.2, 0.25) is 0 Å². The van der Waals surface area contributed by atoms with Crippen LogP contribution in [0.4, 0.5) is 30.8 Å². The van der Waals surface area contributed by atoms with Crippen molar-refractivity contribution in [2.45, 2.75) is 75.4 Å². The highest BCUT2D eigenvalue weighted by Gasteiger charge is 2.37. The van der Waals surface area contributed by atoms with Gasteiger partial charge in [-0.15, -0.1) is 11.3 Å². The van der Waals surface area contributed by atoms with Gasteiger partial charge in [-0.3, -0.25) is 14.3 Å². The lowest BCUT2D eigenvalue weighted by Gasteiger charge is -2.38. The van der Waals surface area contributed by atoms with Crippen LogP contribution in [0.25, 0.3) is 16.0 Å². The number of ether oxygens (including phenoxy) is 2. The average molecular weight is 867 g/mol. The van der Waals surface area contributed by atoms with E-state index >= 15 is 0 Å². The predicted octanol–water partition coefficient (Wildman–Crippen LogP) is 5.61. The van der Waals surface area contributed by atoms with Gasteiger partial charge in [0, 0.05) is 60.5 Å². The standard InChI is InChI=1S/C44H48F2N10O5S/c45-28-6-12-35(36(46)20-28)44(59,25-54-27-48-26-50-54)24-53-16-14-30(15-17-53)51-43(58)61-33-10-7-29(8-11-33)49-23-34-22-38-41(62-34)52-40(47)42(57)56(38)32-9-13-39-37(21-32)55(18-19-60-39)31-4-2-1-3-5-31/h1-6,9,12-13,20-22,26-27,29-30,33,49,59H,7-8,10-11,14-19,23-25H2,(H2,47,52)(H,51,58). The van der Waals surface area contributed by atoms with Crippen molar-refractivity contribution >= 4 is 45.0 Å². The van der Waals surface area contributed by atoms with Gasteiger partial charge in [-0.1, -0.05) is 24.3 Å². The second-order valence-electron chi connectivity index (χ2n) is 16.2. The number of thiophene rings is 1. The maximum absolute atomic E-state index is 14.9. The first kappa shape index (κ1) is 41.4. The van der Waals surface area contributed by atoms with E-state index in [2.05, 4.69) is 42.7 Å². The van der Waals surface area contributed by atoms with Gasteiger partial charge in [0.1, 0.15) is 53.2 Å². The molecule has 5 heterocycles. The number of aromatic nitrogens is 5. The minimum absolute atomic E-state index is 0.0212. The predicted molar refractivity (Wildman–Crippen MR) is 231 cm³/mol. The lowest BCUT2D eigenvalue weighted by atomic mass is 9.91. The van der Waals surface area contributed by atoms with Gasteiger partial charge >= 0.3 is 6.09 Å². The first-order valence-electron chi connectivity index (χ1n) is 20.9. The van der Waals surface area contributed by atoms with Gasteiger partial charge in [0.05, 0.1) is 30.0 Å². The largest absolute Gasteiger partial charge is 0.490 e. The third kappa shape index (κ3) is 8.99. The van der Waals surface area contributed by atoms with Gasteiger partial charge in [0.15, 0.2) is 5.82 Å². The zero-order valence-electron chi connectivity index (χ0n) is 34.0. The highest BCUT2D eigenvalue weighted by atomic mass is 32.1. The molecule has 0 bridgehead atoms. The Morgan fingerprint density at radius 1 is 0.952 bits per heavy atom. The Labute approximate surface area is 360 Å². The number of nitrogens with zero attached hydrogens (tertiary/aromatic N) is 7. The summed E-state index contributed by atoms with van der Waals surface area (Å²) >= 11 is 1.50. The molecule has 9 rings (SSSR count). The lowest BCUT2D eigenvalue weighted by Crippen LogP contribution is -2.50.